The van der Waals surface area contributed by atoms with E-state index in [0.717, 1.165) is 5.56 Å². The van der Waals surface area contributed by atoms with Crippen molar-refractivity contribution in [2.75, 3.05) is 0 Å². The van der Waals surface area contributed by atoms with Crippen LogP contribution in [0.15, 0.2) is 54.6 Å². The molecular weight excluding hydrogens is 284 g/mol. The van der Waals surface area contributed by atoms with Crippen LogP contribution in [0.2, 0.25) is 5.02 Å². The van der Waals surface area contributed by atoms with Crippen LogP contribution in [0.5, 0.6) is 0 Å². The van der Waals surface area contributed by atoms with Crippen molar-refractivity contribution < 1.29 is 9.59 Å². The van der Waals surface area contributed by atoms with Gasteiger partial charge < -0.3 is 0 Å². The monoisotopic (exact) mass is 300 g/mol. The second-order valence-electron chi connectivity index (χ2n) is 4.98. The summed E-state index contributed by atoms with van der Waals surface area (Å²) in [5.41, 5.74) is 1.67. The van der Waals surface area contributed by atoms with Gasteiger partial charge in [0.2, 0.25) is 0 Å². The van der Waals surface area contributed by atoms with Crippen LogP contribution in [0.3, 0.4) is 0 Å². The molecule has 0 heterocycles. The van der Waals surface area contributed by atoms with Gasteiger partial charge in [0.15, 0.2) is 5.78 Å². The highest BCUT2D eigenvalue weighted by molar-refractivity contribution is 6.30. The lowest BCUT2D eigenvalue weighted by Gasteiger charge is -2.02. The Bertz CT molecular complexity index is 603. The molecule has 0 aliphatic carbocycles. The standard InChI is InChI=1S/C18H17ClO2/c19-16-11-9-15(10-12-16)18(21)8-4-7-17(20)13-14-5-2-1-3-6-14/h1-3,5-6,9-12H,4,7-8,13H2. The Balaban J connectivity index is 1.75. The molecule has 0 atom stereocenters. The minimum atomic E-state index is 0.0548. The molecule has 0 spiro atoms. The van der Waals surface area contributed by atoms with Gasteiger partial charge in [-0.25, -0.2) is 0 Å². The van der Waals surface area contributed by atoms with Gasteiger partial charge >= 0.3 is 0 Å². The third-order valence-corrected chi connectivity index (χ3v) is 3.52. The van der Waals surface area contributed by atoms with Crippen LogP contribution in [0, 0.1) is 0 Å². The van der Waals surface area contributed by atoms with Crippen molar-refractivity contribution in [1.82, 2.24) is 0 Å². The number of halogens is 1. The highest BCUT2D eigenvalue weighted by atomic mass is 35.5. The Hall–Kier alpha value is -1.93. The van der Waals surface area contributed by atoms with Crippen LogP contribution in [-0.4, -0.2) is 11.6 Å². The molecule has 0 radical (unpaired) electrons. The minimum Gasteiger partial charge on any atom is -0.299 e. The molecule has 0 aliphatic rings. The number of carbonyl (C=O) groups is 2. The maximum absolute atomic E-state index is 11.9. The molecule has 0 amide bonds. The predicted molar refractivity (Wildman–Crippen MR) is 84.8 cm³/mol. The van der Waals surface area contributed by atoms with E-state index in [2.05, 4.69) is 0 Å². The summed E-state index contributed by atoms with van der Waals surface area (Å²) in [5.74, 6) is 0.226. The lowest BCUT2D eigenvalue weighted by molar-refractivity contribution is -0.118. The molecule has 0 fully saturated rings. The van der Waals surface area contributed by atoms with E-state index in [1.165, 1.54) is 0 Å². The van der Waals surface area contributed by atoms with Crippen LogP contribution >= 0.6 is 11.6 Å². The molecule has 2 rings (SSSR count). The summed E-state index contributed by atoms with van der Waals surface area (Å²) in [6, 6.07) is 16.5. The molecular formula is C18H17ClO2. The summed E-state index contributed by atoms with van der Waals surface area (Å²) in [6.45, 7) is 0. The summed E-state index contributed by atoms with van der Waals surface area (Å²) in [4.78, 5) is 23.8. The van der Waals surface area contributed by atoms with Gasteiger partial charge in [0.05, 0.1) is 0 Å². The van der Waals surface area contributed by atoms with Crippen molar-refractivity contribution in [2.24, 2.45) is 0 Å². The molecule has 2 aromatic rings. The SMILES string of the molecule is O=C(CCCC(=O)c1ccc(Cl)cc1)Cc1ccccc1. The summed E-state index contributed by atoms with van der Waals surface area (Å²) >= 11 is 5.78. The second-order valence-corrected chi connectivity index (χ2v) is 5.42. The van der Waals surface area contributed by atoms with E-state index >= 15 is 0 Å². The first-order chi connectivity index (χ1) is 10.1. The van der Waals surface area contributed by atoms with E-state index < -0.39 is 0 Å². The molecule has 0 unspecified atom stereocenters. The number of ketones is 2. The zero-order valence-corrected chi connectivity index (χ0v) is 12.5. The lowest BCUT2D eigenvalue weighted by atomic mass is 10.0. The van der Waals surface area contributed by atoms with E-state index in [-0.39, 0.29) is 11.6 Å². The van der Waals surface area contributed by atoms with Crippen molar-refractivity contribution in [2.45, 2.75) is 25.7 Å². The molecule has 2 nitrogen and oxygen atoms in total. The molecule has 0 saturated heterocycles. The molecule has 21 heavy (non-hydrogen) atoms. The van der Waals surface area contributed by atoms with E-state index in [1.54, 1.807) is 24.3 Å². The summed E-state index contributed by atoms with van der Waals surface area (Å²) < 4.78 is 0. The van der Waals surface area contributed by atoms with E-state index in [0.29, 0.717) is 36.3 Å². The van der Waals surface area contributed by atoms with Crippen LogP contribution in [0.4, 0.5) is 0 Å². The van der Waals surface area contributed by atoms with Gasteiger partial charge in [0.1, 0.15) is 5.78 Å². The average Bonchev–Trinajstić information content (AvgIpc) is 2.49. The zero-order chi connectivity index (χ0) is 15.1. The fraction of sp³-hybridized carbons (Fsp3) is 0.222. The first-order valence-corrected chi connectivity index (χ1v) is 7.37. The molecule has 0 bridgehead atoms. The highest BCUT2D eigenvalue weighted by Crippen LogP contribution is 2.13. The third kappa shape index (κ3) is 5.16. The normalized spacial score (nSPS) is 10.3. The molecule has 108 valence electrons. The maximum atomic E-state index is 11.9. The molecule has 0 aromatic heterocycles. The fourth-order valence-electron chi connectivity index (χ4n) is 2.14. The van der Waals surface area contributed by atoms with Crippen LogP contribution in [-0.2, 0) is 11.2 Å². The third-order valence-electron chi connectivity index (χ3n) is 3.27. The quantitative estimate of drug-likeness (QED) is 0.705. The second kappa shape index (κ2) is 7.75. The zero-order valence-electron chi connectivity index (χ0n) is 11.7. The summed E-state index contributed by atoms with van der Waals surface area (Å²) in [6.07, 6.45) is 1.86. The summed E-state index contributed by atoms with van der Waals surface area (Å²) in [7, 11) is 0. The van der Waals surface area contributed by atoms with Crippen LogP contribution in [0.25, 0.3) is 0 Å². The minimum absolute atomic E-state index is 0.0548. The molecule has 2 aromatic carbocycles. The van der Waals surface area contributed by atoms with Gasteiger partial charge in [-0.05, 0) is 36.2 Å². The summed E-state index contributed by atoms with van der Waals surface area (Å²) in [5, 5.41) is 0.615. The molecule has 0 aliphatic heterocycles. The van der Waals surface area contributed by atoms with Crippen molar-refractivity contribution in [3.63, 3.8) is 0 Å². The number of carbonyl (C=O) groups excluding carboxylic acids is 2. The van der Waals surface area contributed by atoms with Gasteiger partial charge in [-0.3, -0.25) is 9.59 Å². The van der Waals surface area contributed by atoms with E-state index in [4.69, 9.17) is 11.6 Å². The van der Waals surface area contributed by atoms with Crippen molar-refractivity contribution >= 4 is 23.2 Å². The Morgan fingerprint density at radius 1 is 0.857 bits per heavy atom. The number of Topliss-reactive ketones (excluding diaryl/α,β-unsaturated/α-hetero) is 2. The van der Waals surface area contributed by atoms with E-state index in [1.807, 2.05) is 30.3 Å². The number of benzene rings is 2. The topological polar surface area (TPSA) is 34.1 Å². The maximum Gasteiger partial charge on any atom is 0.162 e. The molecule has 0 saturated carbocycles. The van der Waals surface area contributed by atoms with Crippen LogP contribution < -0.4 is 0 Å². The number of hydrogen-bond acceptors (Lipinski definition) is 2. The first kappa shape index (κ1) is 15.5. The van der Waals surface area contributed by atoms with Crippen molar-refractivity contribution in [1.29, 1.82) is 0 Å². The van der Waals surface area contributed by atoms with Gasteiger partial charge in [-0.1, -0.05) is 41.9 Å². The predicted octanol–water partition coefficient (Wildman–Crippen LogP) is 4.50. The lowest BCUT2D eigenvalue weighted by Crippen LogP contribution is -2.05. The Kier molecular flexibility index (Phi) is 5.70. The van der Waals surface area contributed by atoms with Crippen molar-refractivity contribution in [3.05, 3.63) is 70.7 Å². The Morgan fingerprint density at radius 3 is 2.19 bits per heavy atom. The highest BCUT2D eigenvalue weighted by Gasteiger charge is 2.08. The van der Waals surface area contributed by atoms with Crippen LogP contribution in [0.1, 0.15) is 35.2 Å². The molecule has 0 N–H and O–H groups in total. The molecule has 3 heteroatoms. The van der Waals surface area contributed by atoms with Gasteiger partial charge in [-0.2, -0.15) is 0 Å². The van der Waals surface area contributed by atoms with Crippen molar-refractivity contribution in [3.8, 4) is 0 Å². The number of hydrogen-bond donors (Lipinski definition) is 0. The average molecular weight is 301 g/mol. The Labute approximate surface area is 129 Å². The van der Waals surface area contributed by atoms with Gasteiger partial charge in [-0.15, -0.1) is 0 Å². The number of rotatable bonds is 7. The van der Waals surface area contributed by atoms with Gasteiger partial charge in [0.25, 0.3) is 0 Å². The van der Waals surface area contributed by atoms with Gasteiger partial charge in [0, 0.05) is 29.8 Å². The Morgan fingerprint density at radius 2 is 1.52 bits per heavy atom. The van der Waals surface area contributed by atoms with E-state index in [9.17, 15) is 9.59 Å². The largest absolute Gasteiger partial charge is 0.299 e. The first-order valence-electron chi connectivity index (χ1n) is 6.99. The smallest absolute Gasteiger partial charge is 0.162 e. The fourth-order valence-corrected chi connectivity index (χ4v) is 2.26.